The first kappa shape index (κ1) is 15.1. The molecular formula is C15H20BN3O3. The molecule has 0 aliphatic carbocycles. The van der Waals surface area contributed by atoms with Crippen molar-refractivity contribution in [1.82, 2.24) is 15.0 Å². The predicted octanol–water partition coefficient (Wildman–Crippen LogP) is 1.58. The normalized spacial score (nSPS) is 19.4. The van der Waals surface area contributed by atoms with E-state index in [4.69, 9.17) is 14.0 Å². The molecule has 1 aliphatic heterocycles. The van der Waals surface area contributed by atoms with Crippen molar-refractivity contribution < 1.29 is 14.0 Å². The number of benzene rings is 1. The summed E-state index contributed by atoms with van der Waals surface area (Å²) in [6.45, 7) is 8.06. The van der Waals surface area contributed by atoms with Gasteiger partial charge < -0.3 is 14.0 Å². The Labute approximate surface area is 130 Å². The van der Waals surface area contributed by atoms with Crippen LogP contribution in [0, 0.1) is 0 Å². The van der Waals surface area contributed by atoms with E-state index in [0.717, 1.165) is 11.4 Å². The summed E-state index contributed by atoms with van der Waals surface area (Å²) in [5.74, 6) is 0.801. The molecule has 0 N–H and O–H groups in total. The summed E-state index contributed by atoms with van der Waals surface area (Å²) in [5, 5.41) is 8.33. The molecule has 0 unspecified atom stereocenters. The number of ether oxygens (including phenoxy) is 1. The summed E-state index contributed by atoms with van der Waals surface area (Å²) >= 11 is 0. The number of methoxy groups -OCH3 is 1. The Bertz CT molecular complexity index is 651. The van der Waals surface area contributed by atoms with Crippen molar-refractivity contribution in [2.45, 2.75) is 38.9 Å². The van der Waals surface area contributed by atoms with Crippen LogP contribution in [0.3, 0.4) is 0 Å². The summed E-state index contributed by atoms with van der Waals surface area (Å²) in [6.07, 6.45) is 1.82. The molecule has 0 atom stereocenters. The topological polar surface area (TPSA) is 58.4 Å². The minimum Gasteiger partial charge on any atom is -0.497 e. The predicted molar refractivity (Wildman–Crippen MR) is 83.6 cm³/mol. The van der Waals surface area contributed by atoms with Gasteiger partial charge in [-0.25, -0.2) is 4.68 Å². The summed E-state index contributed by atoms with van der Waals surface area (Å²) in [7, 11) is 1.14. The maximum absolute atomic E-state index is 5.98. The molecule has 6 nitrogen and oxygen atoms in total. The van der Waals surface area contributed by atoms with Crippen LogP contribution in [-0.2, 0) is 9.31 Å². The van der Waals surface area contributed by atoms with Crippen LogP contribution in [0.1, 0.15) is 27.7 Å². The number of hydrogen-bond donors (Lipinski definition) is 0. The zero-order chi connectivity index (χ0) is 16.0. The van der Waals surface area contributed by atoms with Crippen LogP contribution in [0.4, 0.5) is 0 Å². The first-order chi connectivity index (χ1) is 10.3. The molecule has 0 bridgehead atoms. The Morgan fingerprint density at radius 1 is 1.05 bits per heavy atom. The lowest BCUT2D eigenvalue weighted by atomic mass is 9.86. The molecule has 0 amide bonds. The van der Waals surface area contributed by atoms with E-state index in [9.17, 15) is 0 Å². The molecule has 2 aromatic rings. The van der Waals surface area contributed by atoms with E-state index < -0.39 is 7.12 Å². The summed E-state index contributed by atoms with van der Waals surface area (Å²) in [6, 6.07) is 7.60. The molecule has 0 saturated carbocycles. The largest absolute Gasteiger partial charge is 0.518 e. The second kappa shape index (κ2) is 5.10. The van der Waals surface area contributed by atoms with Crippen molar-refractivity contribution in [1.29, 1.82) is 0 Å². The van der Waals surface area contributed by atoms with Gasteiger partial charge in [-0.15, -0.1) is 5.10 Å². The lowest BCUT2D eigenvalue weighted by Crippen LogP contribution is -2.41. The highest BCUT2D eigenvalue weighted by Crippen LogP contribution is 2.36. The van der Waals surface area contributed by atoms with Crippen LogP contribution >= 0.6 is 0 Å². The smallest absolute Gasteiger partial charge is 0.497 e. The molecule has 116 valence electrons. The van der Waals surface area contributed by atoms with Crippen LogP contribution in [0.5, 0.6) is 5.75 Å². The number of aromatic nitrogens is 3. The van der Waals surface area contributed by atoms with Crippen molar-refractivity contribution in [3.05, 3.63) is 30.5 Å². The Hall–Kier alpha value is -1.86. The molecule has 1 aliphatic rings. The second-order valence-corrected chi connectivity index (χ2v) is 6.37. The first-order valence-corrected chi connectivity index (χ1v) is 7.25. The van der Waals surface area contributed by atoms with Gasteiger partial charge in [0.25, 0.3) is 0 Å². The van der Waals surface area contributed by atoms with E-state index in [2.05, 4.69) is 10.3 Å². The molecule has 1 saturated heterocycles. The number of nitrogens with zero attached hydrogens (tertiary/aromatic N) is 3. The van der Waals surface area contributed by atoms with Gasteiger partial charge in [-0.3, -0.25) is 0 Å². The molecule has 0 radical (unpaired) electrons. The van der Waals surface area contributed by atoms with Crippen LogP contribution < -0.4 is 10.3 Å². The zero-order valence-corrected chi connectivity index (χ0v) is 13.5. The third-order valence-electron chi connectivity index (χ3n) is 4.34. The van der Waals surface area contributed by atoms with Crippen molar-refractivity contribution in [2.24, 2.45) is 0 Å². The molecule has 7 heteroatoms. The standard InChI is InChI=1S/C15H20BN3O3/c1-14(2)15(3,4)22-16(21-14)13-10-19(18-17-13)11-6-8-12(20-5)9-7-11/h6-10H,1-5H3. The quantitative estimate of drug-likeness (QED) is 0.806. The maximum atomic E-state index is 5.98. The molecule has 22 heavy (non-hydrogen) atoms. The van der Waals surface area contributed by atoms with Crippen molar-refractivity contribution >= 4 is 12.7 Å². The molecule has 2 heterocycles. The Kier molecular flexibility index (Phi) is 3.49. The highest BCUT2D eigenvalue weighted by atomic mass is 16.7. The first-order valence-electron chi connectivity index (χ1n) is 7.25. The molecule has 3 rings (SSSR count). The SMILES string of the molecule is COc1ccc(-n2cc(B3OC(C)(C)C(C)(C)O3)nn2)cc1. The fraction of sp³-hybridized carbons (Fsp3) is 0.467. The highest BCUT2D eigenvalue weighted by molar-refractivity contribution is 6.61. The van der Waals surface area contributed by atoms with Gasteiger partial charge >= 0.3 is 7.12 Å². The average Bonchev–Trinajstić information content (AvgIpc) is 3.03. The third-order valence-corrected chi connectivity index (χ3v) is 4.34. The third kappa shape index (κ3) is 2.50. The molecule has 1 aromatic carbocycles. The number of hydrogen-bond acceptors (Lipinski definition) is 5. The summed E-state index contributed by atoms with van der Waals surface area (Å²) in [5.41, 5.74) is 0.786. The van der Waals surface area contributed by atoms with Gasteiger partial charge in [0.1, 0.15) is 11.3 Å². The minimum atomic E-state index is -0.503. The fourth-order valence-electron chi connectivity index (χ4n) is 2.21. The monoisotopic (exact) mass is 301 g/mol. The molecule has 1 fully saturated rings. The number of rotatable bonds is 3. The lowest BCUT2D eigenvalue weighted by molar-refractivity contribution is 0.00578. The van der Waals surface area contributed by atoms with Gasteiger partial charge in [0.15, 0.2) is 0 Å². The minimum absolute atomic E-state index is 0.387. The van der Waals surface area contributed by atoms with Gasteiger partial charge in [0.2, 0.25) is 0 Å². The zero-order valence-electron chi connectivity index (χ0n) is 13.5. The van der Waals surface area contributed by atoms with Crippen LogP contribution in [-0.4, -0.2) is 40.4 Å². The lowest BCUT2D eigenvalue weighted by Gasteiger charge is -2.32. The second-order valence-electron chi connectivity index (χ2n) is 6.37. The van der Waals surface area contributed by atoms with Gasteiger partial charge in [0, 0.05) is 0 Å². The van der Waals surface area contributed by atoms with E-state index in [-0.39, 0.29) is 11.2 Å². The van der Waals surface area contributed by atoms with Gasteiger partial charge in [0.05, 0.1) is 30.2 Å². The van der Waals surface area contributed by atoms with Crippen molar-refractivity contribution in [3.8, 4) is 11.4 Å². The molecular weight excluding hydrogens is 281 g/mol. The van der Waals surface area contributed by atoms with Gasteiger partial charge in [-0.2, -0.15) is 0 Å². The highest BCUT2D eigenvalue weighted by Gasteiger charge is 2.52. The van der Waals surface area contributed by atoms with E-state index in [1.807, 2.05) is 58.2 Å². The van der Waals surface area contributed by atoms with Gasteiger partial charge in [-0.1, -0.05) is 5.21 Å². The van der Waals surface area contributed by atoms with Gasteiger partial charge in [-0.05, 0) is 52.0 Å². The average molecular weight is 301 g/mol. The van der Waals surface area contributed by atoms with Crippen LogP contribution in [0.15, 0.2) is 30.5 Å². The van der Waals surface area contributed by atoms with E-state index >= 15 is 0 Å². The van der Waals surface area contributed by atoms with E-state index in [1.165, 1.54) is 0 Å². The van der Waals surface area contributed by atoms with Crippen molar-refractivity contribution in [3.63, 3.8) is 0 Å². The Morgan fingerprint density at radius 3 is 2.18 bits per heavy atom. The molecule has 0 spiro atoms. The fourth-order valence-corrected chi connectivity index (χ4v) is 2.21. The molecule has 1 aromatic heterocycles. The van der Waals surface area contributed by atoms with Crippen LogP contribution in [0.25, 0.3) is 5.69 Å². The Morgan fingerprint density at radius 2 is 1.64 bits per heavy atom. The van der Waals surface area contributed by atoms with E-state index in [0.29, 0.717) is 5.59 Å². The summed E-state index contributed by atoms with van der Waals surface area (Å²) < 4.78 is 18.8. The summed E-state index contributed by atoms with van der Waals surface area (Å²) in [4.78, 5) is 0. The van der Waals surface area contributed by atoms with Crippen LogP contribution in [0.2, 0.25) is 0 Å². The van der Waals surface area contributed by atoms with Crippen molar-refractivity contribution in [2.75, 3.05) is 7.11 Å². The maximum Gasteiger partial charge on any atom is 0.518 e. The Balaban J connectivity index is 1.82. The van der Waals surface area contributed by atoms with E-state index in [1.54, 1.807) is 11.8 Å².